The highest BCUT2D eigenvalue weighted by Crippen LogP contribution is 2.02. The highest BCUT2D eigenvalue weighted by molar-refractivity contribution is 5.87. The third-order valence-electron chi connectivity index (χ3n) is 3.00. The lowest BCUT2D eigenvalue weighted by molar-refractivity contribution is 0.0471. The maximum atomic E-state index is 11.6. The summed E-state index contributed by atoms with van der Waals surface area (Å²) in [5, 5.41) is 0. The molecule has 23 heavy (non-hydrogen) atoms. The molecule has 0 fully saturated rings. The molecule has 0 atom stereocenters. The molecule has 0 amide bonds. The lowest BCUT2D eigenvalue weighted by Crippen LogP contribution is -2.09. The zero-order valence-electron chi connectivity index (χ0n) is 12.7. The summed E-state index contributed by atoms with van der Waals surface area (Å²) in [5.41, 5.74) is 0.605. The van der Waals surface area contributed by atoms with Crippen LogP contribution in [0.3, 0.4) is 0 Å². The van der Waals surface area contributed by atoms with Crippen molar-refractivity contribution >= 4 is 11.9 Å². The molecule has 0 saturated heterocycles. The van der Waals surface area contributed by atoms with Gasteiger partial charge in [-0.05, 0) is 43.5 Å². The molecule has 0 radical (unpaired) electrons. The molecule has 2 aromatic heterocycles. The van der Waals surface area contributed by atoms with Crippen molar-refractivity contribution in [1.82, 2.24) is 9.97 Å². The van der Waals surface area contributed by atoms with Gasteiger partial charge in [0.05, 0.1) is 13.2 Å². The van der Waals surface area contributed by atoms with Crippen molar-refractivity contribution < 1.29 is 19.1 Å². The Morgan fingerprint density at radius 2 is 1.22 bits per heavy atom. The minimum Gasteiger partial charge on any atom is -0.461 e. The Morgan fingerprint density at radius 3 is 1.61 bits per heavy atom. The first-order valence-electron chi connectivity index (χ1n) is 7.43. The van der Waals surface area contributed by atoms with Gasteiger partial charge in [-0.3, -0.25) is 0 Å². The number of esters is 2. The zero-order chi connectivity index (χ0) is 16.3. The van der Waals surface area contributed by atoms with Gasteiger partial charge in [-0.25, -0.2) is 19.6 Å². The standard InChI is InChI=1S/C17H18N2O4/c20-16(14-8-2-4-10-18-14)22-12-6-1-7-13-23-17(21)15-9-3-5-11-19-15/h2-5,8-11H,1,6-7,12-13H2. The molecule has 6 heteroatoms. The number of unbranched alkanes of at least 4 members (excludes halogenated alkanes) is 2. The predicted octanol–water partition coefficient (Wildman–Crippen LogP) is 2.66. The van der Waals surface area contributed by atoms with Gasteiger partial charge in [-0.1, -0.05) is 12.1 Å². The Kier molecular flexibility index (Phi) is 6.71. The van der Waals surface area contributed by atoms with Crippen molar-refractivity contribution in [2.24, 2.45) is 0 Å². The van der Waals surface area contributed by atoms with Crippen LogP contribution in [0.25, 0.3) is 0 Å². The molecular weight excluding hydrogens is 296 g/mol. The first-order chi connectivity index (χ1) is 11.3. The maximum Gasteiger partial charge on any atom is 0.356 e. The van der Waals surface area contributed by atoms with Crippen LogP contribution < -0.4 is 0 Å². The van der Waals surface area contributed by atoms with Crippen molar-refractivity contribution in [1.29, 1.82) is 0 Å². The normalized spacial score (nSPS) is 10.1. The van der Waals surface area contributed by atoms with E-state index in [4.69, 9.17) is 9.47 Å². The van der Waals surface area contributed by atoms with E-state index in [1.54, 1.807) is 48.8 Å². The van der Waals surface area contributed by atoms with E-state index in [9.17, 15) is 9.59 Å². The fourth-order valence-electron chi connectivity index (χ4n) is 1.83. The Hall–Kier alpha value is -2.76. The fourth-order valence-corrected chi connectivity index (χ4v) is 1.83. The molecule has 0 unspecified atom stereocenters. The highest BCUT2D eigenvalue weighted by Gasteiger charge is 2.08. The number of pyridine rings is 2. The lowest BCUT2D eigenvalue weighted by Gasteiger charge is -2.05. The average molecular weight is 314 g/mol. The van der Waals surface area contributed by atoms with Crippen molar-refractivity contribution in [3.63, 3.8) is 0 Å². The smallest absolute Gasteiger partial charge is 0.356 e. The summed E-state index contributed by atoms with van der Waals surface area (Å²) in [6.45, 7) is 0.646. The molecule has 2 aromatic rings. The monoisotopic (exact) mass is 314 g/mol. The number of rotatable bonds is 8. The van der Waals surface area contributed by atoms with Crippen LogP contribution in [0, 0.1) is 0 Å². The first-order valence-corrected chi connectivity index (χ1v) is 7.43. The van der Waals surface area contributed by atoms with Crippen molar-refractivity contribution in [2.75, 3.05) is 13.2 Å². The van der Waals surface area contributed by atoms with Gasteiger partial charge in [0, 0.05) is 12.4 Å². The molecule has 0 aromatic carbocycles. The number of hydrogen-bond donors (Lipinski definition) is 0. The minimum absolute atomic E-state index is 0.303. The number of nitrogens with zero attached hydrogens (tertiary/aromatic N) is 2. The van der Waals surface area contributed by atoms with E-state index in [1.807, 2.05) is 0 Å². The van der Waals surface area contributed by atoms with Gasteiger partial charge in [0.15, 0.2) is 0 Å². The Bertz CT molecular complexity index is 562. The van der Waals surface area contributed by atoms with Crippen LogP contribution in [0.15, 0.2) is 48.8 Å². The van der Waals surface area contributed by atoms with E-state index >= 15 is 0 Å². The van der Waals surface area contributed by atoms with Crippen LogP contribution >= 0.6 is 0 Å². The summed E-state index contributed by atoms with van der Waals surface area (Å²) in [6, 6.07) is 10.2. The van der Waals surface area contributed by atoms with Crippen LogP contribution in [0.5, 0.6) is 0 Å². The molecule has 6 nitrogen and oxygen atoms in total. The van der Waals surface area contributed by atoms with E-state index in [0.717, 1.165) is 6.42 Å². The summed E-state index contributed by atoms with van der Waals surface area (Å²) in [4.78, 5) is 31.1. The molecule has 120 valence electrons. The van der Waals surface area contributed by atoms with Gasteiger partial charge in [0.25, 0.3) is 0 Å². The highest BCUT2D eigenvalue weighted by atomic mass is 16.5. The average Bonchev–Trinajstić information content (AvgIpc) is 2.62. The summed E-state index contributed by atoms with van der Waals surface area (Å²) < 4.78 is 10.2. The summed E-state index contributed by atoms with van der Waals surface area (Å²) >= 11 is 0. The SMILES string of the molecule is O=C(OCCCCCOC(=O)c1ccccn1)c1ccccn1. The fraction of sp³-hybridized carbons (Fsp3) is 0.294. The second kappa shape index (κ2) is 9.30. The van der Waals surface area contributed by atoms with E-state index < -0.39 is 11.9 Å². The molecule has 0 saturated carbocycles. The topological polar surface area (TPSA) is 78.4 Å². The van der Waals surface area contributed by atoms with Gasteiger partial charge < -0.3 is 9.47 Å². The van der Waals surface area contributed by atoms with Crippen LogP contribution in [-0.4, -0.2) is 35.1 Å². The number of ether oxygens (including phenoxy) is 2. The third kappa shape index (κ3) is 5.86. The second-order valence-electron chi connectivity index (χ2n) is 4.76. The van der Waals surface area contributed by atoms with Crippen LogP contribution in [0.2, 0.25) is 0 Å². The lowest BCUT2D eigenvalue weighted by atomic mass is 10.2. The van der Waals surface area contributed by atoms with Crippen molar-refractivity contribution in [2.45, 2.75) is 19.3 Å². The molecule has 2 heterocycles. The van der Waals surface area contributed by atoms with Crippen LogP contribution in [-0.2, 0) is 9.47 Å². The van der Waals surface area contributed by atoms with Gasteiger partial charge in [-0.15, -0.1) is 0 Å². The number of carbonyl (C=O) groups excluding carboxylic acids is 2. The van der Waals surface area contributed by atoms with Gasteiger partial charge in [0.1, 0.15) is 11.4 Å². The molecule has 0 aliphatic rings. The molecule has 0 aliphatic carbocycles. The molecule has 0 bridgehead atoms. The van der Waals surface area contributed by atoms with Gasteiger partial charge in [-0.2, -0.15) is 0 Å². The minimum atomic E-state index is -0.424. The summed E-state index contributed by atoms with van der Waals surface area (Å²) in [6.07, 6.45) is 5.31. The van der Waals surface area contributed by atoms with E-state index in [-0.39, 0.29) is 0 Å². The number of hydrogen-bond acceptors (Lipinski definition) is 6. The Balaban J connectivity index is 1.53. The van der Waals surface area contributed by atoms with Crippen LogP contribution in [0.1, 0.15) is 40.2 Å². The van der Waals surface area contributed by atoms with E-state index in [2.05, 4.69) is 9.97 Å². The predicted molar refractivity (Wildman–Crippen MR) is 82.9 cm³/mol. The molecule has 2 rings (SSSR count). The third-order valence-corrected chi connectivity index (χ3v) is 3.00. The Labute approximate surface area is 134 Å². The van der Waals surface area contributed by atoms with Crippen molar-refractivity contribution in [3.05, 3.63) is 60.2 Å². The molecular formula is C17H18N2O4. The van der Waals surface area contributed by atoms with E-state index in [1.165, 1.54) is 0 Å². The molecule has 0 N–H and O–H groups in total. The first kappa shape index (κ1) is 16.6. The zero-order valence-corrected chi connectivity index (χ0v) is 12.7. The number of carbonyl (C=O) groups is 2. The molecule has 0 spiro atoms. The van der Waals surface area contributed by atoms with Crippen molar-refractivity contribution in [3.8, 4) is 0 Å². The maximum absolute atomic E-state index is 11.6. The van der Waals surface area contributed by atoms with E-state index in [0.29, 0.717) is 37.4 Å². The summed E-state index contributed by atoms with van der Waals surface area (Å²) in [7, 11) is 0. The molecule has 0 aliphatic heterocycles. The summed E-state index contributed by atoms with van der Waals surface area (Å²) in [5.74, 6) is -0.848. The Morgan fingerprint density at radius 1 is 0.739 bits per heavy atom. The largest absolute Gasteiger partial charge is 0.461 e. The van der Waals surface area contributed by atoms with Gasteiger partial charge in [0.2, 0.25) is 0 Å². The quantitative estimate of drug-likeness (QED) is 0.550. The van der Waals surface area contributed by atoms with Gasteiger partial charge >= 0.3 is 11.9 Å². The van der Waals surface area contributed by atoms with Crippen LogP contribution in [0.4, 0.5) is 0 Å². The number of aromatic nitrogens is 2. The second-order valence-corrected chi connectivity index (χ2v) is 4.76.